The van der Waals surface area contributed by atoms with Gasteiger partial charge in [0.1, 0.15) is 0 Å². The number of amides is 3. The number of likely N-dealkylation sites (N-methyl/N-ethyl adjacent to an activating group) is 1. The Labute approximate surface area is 183 Å². The van der Waals surface area contributed by atoms with Crippen LogP contribution >= 0.6 is 0 Å². The zero-order chi connectivity index (χ0) is 23.0. The Morgan fingerprint density at radius 1 is 1.16 bits per heavy atom. The first-order valence-electron chi connectivity index (χ1n) is 10.7. The third kappa shape index (κ3) is 7.38. The van der Waals surface area contributed by atoms with Gasteiger partial charge in [-0.25, -0.2) is 0 Å². The van der Waals surface area contributed by atoms with E-state index >= 15 is 0 Å². The van der Waals surface area contributed by atoms with E-state index in [1.54, 1.807) is 18.9 Å². The van der Waals surface area contributed by atoms with Crippen LogP contribution in [0.5, 0.6) is 0 Å². The summed E-state index contributed by atoms with van der Waals surface area (Å²) in [6.07, 6.45) is 1.21. The van der Waals surface area contributed by atoms with Crippen LogP contribution in [0.3, 0.4) is 0 Å². The average molecular weight is 432 g/mol. The van der Waals surface area contributed by atoms with Gasteiger partial charge in [0.25, 0.3) is 0 Å². The molecule has 31 heavy (non-hydrogen) atoms. The third-order valence-electron chi connectivity index (χ3n) is 5.50. The van der Waals surface area contributed by atoms with Gasteiger partial charge in [0.15, 0.2) is 0 Å². The minimum Gasteiger partial charge on any atom is -0.466 e. The summed E-state index contributed by atoms with van der Waals surface area (Å²) in [5.41, 5.74) is 1.93. The van der Waals surface area contributed by atoms with Crippen molar-refractivity contribution in [3.63, 3.8) is 0 Å². The molecule has 0 saturated carbocycles. The van der Waals surface area contributed by atoms with E-state index in [-0.39, 0.29) is 42.6 Å². The second-order valence-corrected chi connectivity index (χ2v) is 8.02. The Bertz CT molecular complexity index is 785. The van der Waals surface area contributed by atoms with Crippen molar-refractivity contribution in [1.82, 2.24) is 15.1 Å². The molecule has 1 fully saturated rings. The van der Waals surface area contributed by atoms with Crippen molar-refractivity contribution in [2.45, 2.75) is 46.1 Å². The summed E-state index contributed by atoms with van der Waals surface area (Å²) in [5.74, 6) is -0.974. The number of benzene rings is 1. The molecule has 1 aromatic carbocycles. The lowest BCUT2D eigenvalue weighted by Crippen LogP contribution is -2.46. The highest BCUT2D eigenvalue weighted by Gasteiger charge is 2.29. The number of ether oxygens (including phenoxy) is 1. The van der Waals surface area contributed by atoms with Crippen LogP contribution in [0.15, 0.2) is 24.3 Å². The molecule has 0 radical (unpaired) electrons. The van der Waals surface area contributed by atoms with E-state index in [2.05, 4.69) is 5.32 Å². The van der Waals surface area contributed by atoms with Crippen molar-refractivity contribution in [1.29, 1.82) is 0 Å². The van der Waals surface area contributed by atoms with E-state index in [1.807, 2.05) is 31.2 Å². The second-order valence-electron chi connectivity index (χ2n) is 8.02. The predicted molar refractivity (Wildman–Crippen MR) is 116 cm³/mol. The van der Waals surface area contributed by atoms with Crippen molar-refractivity contribution >= 4 is 23.7 Å². The minimum absolute atomic E-state index is 0.0381. The molecular formula is C23H33N3O5. The SMILES string of the molecule is CCOC(=O)C1CCN(C(=O)CN(C)C(=O)CC(NC(C)=O)c2ccc(C)cc2)CC1. The molecule has 1 heterocycles. The zero-order valence-corrected chi connectivity index (χ0v) is 18.8. The van der Waals surface area contributed by atoms with Crippen LogP contribution in [-0.4, -0.2) is 66.8 Å². The smallest absolute Gasteiger partial charge is 0.309 e. The number of esters is 1. The van der Waals surface area contributed by atoms with Crippen molar-refractivity contribution in [3.8, 4) is 0 Å². The molecule has 1 aromatic rings. The van der Waals surface area contributed by atoms with Crippen LogP contribution in [0.1, 0.15) is 50.3 Å². The number of carbonyl (C=O) groups excluding carboxylic acids is 4. The van der Waals surface area contributed by atoms with Gasteiger partial charge in [0.2, 0.25) is 17.7 Å². The maximum Gasteiger partial charge on any atom is 0.309 e. The molecule has 8 nitrogen and oxygen atoms in total. The van der Waals surface area contributed by atoms with Crippen LogP contribution in [0.2, 0.25) is 0 Å². The Morgan fingerprint density at radius 2 is 1.77 bits per heavy atom. The zero-order valence-electron chi connectivity index (χ0n) is 18.8. The first kappa shape index (κ1) is 24.4. The highest BCUT2D eigenvalue weighted by atomic mass is 16.5. The Kier molecular flexibility index (Phi) is 9.03. The Balaban J connectivity index is 1.90. The van der Waals surface area contributed by atoms with E-state index in [0.717, 1.165) is 11.1 Å². The van der Waals surface area contributed by atoms with E-state index in [9.17, 15) is 19.2 Å². The van der Waals surface area contributed by atoms with E-state index in [1.165, 1.54) is 11.8 Å². The first-order chi connectivity index (χ1) is 14.7. The maximum atomic E-state index is 12.7. The summed E-state index contributed by atoms with van der Waals surface area (Å²) in [4.78, 5) is 51.9. The molecule has 8 heteroatoms. The summed E-state index contributed by atoms with van der Waals surface area (Å²) in [6.45, 7) is 6.43. The number of carbonyl (C=O) groups is 4. The van der Waals surface area contributed by atoms with Gasteiger partial charge >= 0.3 is 5.97 Å². The number of rotatable bonds is 8. The molecule has 1 aliphatic rings. The van der Waals surface area contributed by atoms with Crippen LogP contribution in [0.25, 0.3) is 0 Å². The van der Waals surface area contributed by atoms with Gasteiger partial charge in [-0.2, -0.15) is 0 Å². The van der Waals surface area contributed by atoms with Crippen molar-refractivity contribution in [2.75, 3.05) is 33.3 Å². The lowest BCUT2D eigenvalue weighted by Gasteiger charge is -2.32. The highest BCUT2D eigenvalue weighted by molar-refractivity contribution is 5.85. The molecule has 1 unspecified atom stereocenters. The van der Waals surface area contributed by atoms with Gasteiger partial charge in [-0.05, 0) is 32.3 Å². The summed E-state index contributed by atoms with van der Waals surface area (Å²) in [6, 6.07) is 7.19. The lowest BCUT2D eigenvalue weighted by atomic mass is 9.97. The quantitative estimate of drug-likeness (QED) is 0.634. The number of piperidine rings is 1. The van der Waals surface area contributed by atoms with Gasteiger partial charge in [0.05, 0.1) is 31.5 Å². The van der Waals surface area contributed by atoms with Crippen molar-refractivity contribution in [3.05, 3.63) is 35.4 Å². The molecular weight excluding hydrogens is 398 g/mol. The Morgan fingerprint density at radius 3 is 2.32 bits per heavy atom. The number of aryl methyl sites for hydroxylation is 1. The van der Waals surface area contributed by atoms with Crippen molar-refractivity contribution in [2.24, 2.45) is 5.92 Å². The number of nitrogens with zero attached hydrogens (tertiary/aromatic N) is 2. The molecule has 1 aliphatic heterocycles. The fraction of sp³-hybridized carbons (Fsp3) is 0.565. The van der Waals surface area contributed by atoms with Gasteiger partial charge in [0, 0.05) is 27.1 Å². The molecule has 0 aliphatic carbocycles. The molecule has 1 atom stereocenters. The fourth-order valence-electron chi connectivity index (χ4n) is 3.64. The normalized spacial score (nSPS) is 15.2. The predicted octanol–water partition coefficient (Wildman–Crippen LogP) is 1.82. The fourth-order valence-corrected chi connectivity index (χ4v) is 3.64. The molecule has 1 saturated heterocycles. The largest absolute Gasteiger partial charge is 0.466 e. The molecule has 0 aromatic heterocycles. The number of hydrogen-bond acceptors (Lipinski definition) is 5. The van der Waals surface area contributed by atoms with Gasteiger partial charge in [-0.15, -0.1) is 0 Å². The average Bonchev–Trinajstić information content (AvgIpc) is 2.73. The maximum absolute atomic E-state index is 12.7. The molecule has 0 spiro atoms. The standard InChI is InChI=1S/C23H33N3O5/c1-5-31-23(30)19-10-12-26(13-11-19)22(29)15-25(4)21(28)14-20(24-17(3)27)18-8-6-16(2)7-9-18/h6-9,19-20H,5,10-15H2,1-4H3,(H,24,27). The number of nitrogens with one attached hydrogen (secondary N) is 1. The molecule has 3 amide bonds. The molecule has 2 rings (SSSR count). The van der Waals surface area contributed by atoms with Gasteiger partial charge < -0.3 is 19.9 Å². The van der Waals surface area contributed by atoms with Crippen LogP contribution in [0.4, 0.5) is 0 Å². The summed E-state index contributed by atoms with van der Waals surface area (Å²) < 4.78 is 5.06. The molecule has 170 valence electrons. The van der Waals surface area contributed by atoms with E-state index in [4.69, 9.17) is 4.74 Å². The third-order valence-corrected chi connectivity index (χ3v) is 5.50. The molecule has 0 bridgehead atoms. The van der Waals surface area contributed by atoms with E-state index in [0.29, 0.717) is 32.5 Å². The summed E-state index contributed by atoms with van der Waals surface area (Å²) >= 11 is 0. The van der Waals surface area contributed by atoms with E-state index < -0.39 is 6.04 Å². The summed E-state index contributed by atoms with van der Waals surface area (Å²) in [5, 5.41) is 2.82. The van der Waals surface area contributed by atoms with Crippen molar-refractivity contribution < 1.29 is 23.9 Å². The van der Waals surface area contributed by atoms with Gasteiger partial charge in [-0.3, -0.25) is 19.2 Å². The second kappa shape index (κ2) is 11.5. The first-order valence-corrected chi connectivity index (χ1v) is 10.7. The minimum atomic E-state index is -0.455. The topological polar surface area (TPSA) is 96.0 Å². The monoisotopic (exact) mass is 431 g/mol. The van der Waals surface area contributed by atoms with Gasteiger partial charge in [-0.1, -0.05) is 29.8 Å². The number of hydrogen-bond donors (Lipinski definition) is 1. The lowest BCUT2D eigenvalue weighted by molar-refractivity contribution is -0.151. The Hall–Kier alpha value is -2.90. The summed E-state index contributed by atoms with van der Waals surface area (Å²) in [7, 11) is 1.59. The molecule has 1 N–H and O–H groups in total. The van der Waals surface area contributed by atoms with Crippen LogP contribution in [-0.2, 0) is 23.9 Å². The van der Waals surface area contributed by atoms with Crippen LogP contribution < -0.4 is 5.32 Å². The number of likely N-dealkylation sites (tertiary alicyclic amines) is 1. The van der Waals surface area contributed by atoms with Crippen LogP contribution in [0, 0.1) is 12.8 Å². The highest BCUT2D eigenvalue weighted by Crippen LogP contribution is 2.20.